The van der Waals surface area contributed by atoms with Crippen LogP contribution in [0, 0.1) is 0 Å². The monoisotopic (exact) mass is 558 g/mol. The first kappa shape index (κ1) is 30.4. The number of nitrogens with one attached hydrogen (secondary N) is 3. The number of hydrogen-bond acceptors (Lipinski definition) is 7. The summed E-state index contributed by atoms with van der Waals surface area (Å²) >= 11 is 0. The summed E-state index contributed by atoms with van der Waals surface area (Å²) < 4.78 is 0. The minimum Gasteiger partial charge on any atom is -0.480 e. The molecule has 11 N–H and O–H groups in total. The zero-order chi connectivity index (χ0) is 29.4. The molecule has 2 aromatic rings. The number of carbonyl (C=O) groups is 4. The van der Waals surface area contributed by atoms with Crippen LogP contribution in [0.5, 0.6) is 0 Å². The van der Waals surface area contributed by atoms with E-state index in [-0.39, 0.29) is 31.9 Å². The van der Waals surface area contributed by atoms with Crippen molar-refractivity contribution in [3.63, 3.8) is 0 Å². The normalized spacial score (nSPS) is 18.0. The topological polar surface area (TPSA) is 242 Å². The second kappa shape index (κ2) is 13.8. The van der Waals surface area contributed by atoms with E-state index in [1.54, 1.807) is 6.20 Å². The number of hydrogen-bond donors (Lipinski definition) is 8. The van der Waals surface area contributed by atoms with Gasteiger partial charge >= 0.3 is 5.97 Å². The van der Waals surface area contributed by atoms with E-state index < -0.39 is 54.0 Å². The van der Waals surface area contributed by atoms with E-state index in [1.165, 1.54) is 11.8 Å². The van der Waals surface area contributed by atoms with Crippen molar-refractivity contribution >= 4 is 40.6 Å². The van der Waals surface area contributed by atoms with Gasteiger partial charge in [0.1, 0.15) is 18.1 Å². The van der Waals surface area contributed by atoms with Gasteiger partial charge in [0.05, 0.1) is 12.1 Å². The number of nitrogens with zero attached hydrogens (tertiary/aromatic N) is 2. The van der Waals surface area contributed by atoms with Crippen molar-refractivity contribution in [3.05, 3.63) is 36.0 Å². The van der Waals surface area contributed by atoms with Gasteiger partial charge in [-0.25, -0.2) is 4.79 Å². The third kappa shape index (κ3) is 7.70. The molecule has 1 aliphatic heterocycles. The van der Waals surface area contributed by atoms with Gasteiger partial charge in [-0.05, 0) is 50.7 Å². The number of aliphatic imine (C=N–C) groups is 1. The summed E-state index contributed by atoms with van der Waals surface area (Å²) in [5.74, 6) is -3.26. The van der Waals surface area contributed by atoms with Crippen LogP contribution < -0.4 is 27.8 Å². The highest BCUT2D eigenvalue weighted by molar-refractivity contribution is 5.95. The lowest BCUT2D eigenvalue weighted by atomic mass is 10.0. The molecule has 40 heavy (non-hydrogen) atoms. The van der Waals surface area contributed by atoms with Gasteiger partial charge in [-0.1, -0.05) is 18.2 Å². The number of carboxylic acid groups (broad SMARTS) is 1. The summed E-state index contributed by atoms with van der Waals surface area (Å²) in [5.41, 5.74) is 18.4. The van der Waals surface area contributed by atoms with Crippen LogP contribution in [-0.4, -0.2) is 93.1 Å². The van der Waals surface area contributed by atoms with Crippen molar-refractivity contribution in [3.8, 4) is 0 Å². The Hall–Kier alpha value is -4.17. The largest absolute Gasteiger partial charge is 0.480 e. The maximum Gasteiger partial charge on any atom is 0.326 e. The number of aromatic amines is 1. The number of benzene rings is 1. The molecule has 0 saturated carbocycles. The lowest BCUT2D eigenvalue weighted by Crippen LogP contribution is -2.59. The highest BCUT2D eigenvalue weighted by Gasteiger charge is 2.40. The smallest absolute Gasteiger partial charge is 0.326 e. The van der Waals surface area contributed by atoms with Crippen LogP contribution in [0.1, 0.15) is 38.2 Å². The molecule has 14 heteroatoms. The van der Waals surface area contributed by atoms with Crippen molar-refractivity contribution in [2.45, 2.75) is 69.3 Å². The average molecular weight is 559 g/mol. The van der Waals surface area contributed by atoms with Crippen LogP contribution in [-0.2, 0) is 25.6 Å². The number of amides is 3. The zero-order valence-corrected chi connectivity index (χ0v) is 22.4. The number of likely N-dealkylation sites (tertiary alicyclic amines) is 1. The van der Waals surface area contributed by atoms with Gasteiger partial charge in [0.2, 0.25) is 17.7 Å². The Labute approximate surface area is 231 Å². The van der Waals surface area contributed by atoms with E-state index in [4.69, 9.17) is 17.2 Å². The van der Waals surface area contributed by atoms with Crippen LogP contribution >= 0.6 is 0 Å². The second-order valence-corrected chi connectivity index (χ2v) is 9.93. The van der Waals surface area contributed by atoms with Crippen LogP contribution in [0.2, 0.25) is 0 Å². The Morgan fingerprint density at radius 2 is 1.93 bits per heavy atom. The molecule has 1 aliphatic rings. The van der Waals surface area contributed by atoms with Crippen LogP contribution in [0.25, 0.3) is 10.9 Å². The fraction of sp³-hybridized carbons (Fsp3) is 0.500. The number of rotatable bonds is 13. The number of aliphatic hydroxyl groups is 1. The molecule has 0 radical (unpaired) electrons. The molecule has 1 aromatic heterocycles. The SMILES string of the molecule is CC(O)C(NC(=O)C(N)Cc1c[nH]c2ccccc12)C(=O)N1CCCC1C(=O)NC(CCCN=C(N)N)C(=O)O. The summed E-state index contributed by atoms with van der Waals surface area (Å²) in [7, 11) is 0. The molecule has 3 rings (SSSR count). The summed E-state index contributed by atoms with van der Waals surface area (Å²) in [6.07, 6.45) is 1.89. The van der Waals surface area contributed by atoms with E-state index in [0.717, 1.165) is 16.5 Å². The van der Waals surface area contributed by atoms with E-state index >= 15 is 0 Å². The molecule has 3 amide bonds. The van der Waals surface area contributed by atoms with Gasteiger partial charge in [-0.2, -0.15) is 0 Å². The first-order valence-corrected chi connectivity index (χ1v) is 13.2. The standard InChI is InChI=1S/C26H38N8O6/c1-14(35)21(33-22(36)17(27)12-15-13-31-18-7-3-2-6-16(15)18)24(38)34-11-5-9-20(34)23(37)32-19(25(39)40)8-4-10-30-26(28)29/h2-3,6-7,13-14,17,19-21,31,35H,4-5,8-12,27H2,1H3,(H,32,37)(H,33,36)(H,39,40)(H4,28,29,30). The van der Waals surface area contributed by atoms with Gasteiger partial charge in [0.15, 0.2) is 5.96 Å². The van der Waals surface area contributed by atoms with Crippen molar-refractivity contribution in [1.29, 1.82) is 0 Å². The second-order valence-electron chi connectivity index (χ2n) is 9.93. The Morgan fingerprint density at radius 3 is 2.60 bits per heavy atom. The maximum absolute atomic E-state index is 13.4. The molecule has 0 spiro atoms. The number of aliphatic carboxylic acids is 1. The molecule has 5 atom stereocenters. The quantitative estimate of drug-likeness (QED) is 0.0810. The van der Waals surface area contributed by atoms with Crippen LogP contribution in [0.15, 0.2) is 35.5 Å². The van der Waals surface area contributed by atoms with Crippen LogP contribution in [0.3, 0.4) is 0 Å². The molecule has 1 fully saturated rings. The maximum atomic E-state index is 13.4. The Bertz CT molecular complexity index is 1240. The first-order chi connectivity index (χ1) is 19.0. The summed E-state index contributed by atoms with van der Waals surface area (Å²) in [6.45, 7) is 1.77. The Morgan fingerprint density at radius 1 is 1.20 bits per heavy atom. The summed E-state index contributed by atoms with van der Waals surface area (Å²) in [4.78, 5) is 59.2. The predicted molar refractivity (Wildman–Crippen MR) is 148 cm³/mol. The lowest BCUT2D eigenvalue weighted by Gasteiger charge is -2.31. The highest BCUT2D eigenvalue weighted by atomic mass is 16.4. The van der Waals surface area contributed by atoms with Crippen molar-refractivity contribution in [1.82, 2.24) is 20.5 Å². The Kier molecular flexibility index (Phi) is 10.4. The molecular formula is C26H38N8O6. The van der Waals surface area contributed by atoms with E-state index in [2.05, 4.69) is 20.6 Å². The molecule has 2 heterocycles. The summed E-state index contributed by atoms with van der Waals surface area (Å²) in [6, 6.07) is 3.08. The molecular weight excluding hydrogens is 520 g/mol. The number of aromatic nitrogens is 1. The number of carboxylic acids is 1. The molecule has 0 bridgehead atoms. The molecule has 5 unspecified atom stereocenters. The van der Waals surface area contributed by atoms with Crippen molar-refractivity contribution in [2.24, 2.45) is 22.2 Å². The fourth-order valence-electron chi connectivity index (χ4n) is 4.79. The lowest BCUT2D eigenvalue weighted by molar-refractivity contribution is -0.146. The van der Waals surface area contributed by atoms with E-state index in [9.17, 15) is 29.4 Å². The minimum atomic E-state index is -1.34. The van der Waals surface area contributed by atoms with Gasteiger partial charge in [0, 0.05) is 30.2 Å². The number of para-hydroxylation sites is 1. The first-order valence-electron chi connectivity index (χ1n) is 13.2. The number of guanidine groups is 1. The van der Waals surface area contributed by atoms with Gasteiger partial charge in [0.25, 0.3) is 0 Å². The third-order valence-electron chi connectivity index (χ3n) is 6.90. The number of H-pyrrole nitrogens is 1. The third-order valence-corrected chi connectivity index (χ3v) is 6.90. The Balaban J connectivity index is 1.63. The van der Waals surface area contributed by atoms with Crippen molar-refractivity contribution in [2.75, 3.05) is 13.1 Å². The number of nitrogens with two attached hydrogens (primary N) is 3. The molecule has 1 saturated heterocycles. The van der Waals surface area contributed by atoms with Gasteiger partial charge in [-0.15, -0.1) is 0 Å². The van der Waals surface area contributed by atoms with E-state index in [1.807, 2.05) is 24.3 Å². The molecule has 14 nitrogen and oxygen atoms in total. The van der Waals surface area contributed by atoms with E-state index in [0.29, 0.717) is 19.3 Å². The zero-order valence-electron chi connectivity index (χ0n) is 22.4. The predicted octanol–water partition coefficient (Wildman–Crippen LogP) is -1.48. The fourth-order valence-corrected chi connectivity index (χ4v) is 4.79. The number of aliphatic hydroxyl groups excluding tert-OH is 1. The number of fused-ring (bicyclic) bond motifs is 1. The van der Waals surface area contributed by atoms with Gasteiger partial charge < -0.3 is 47.9 Å². The molecule has 0 aliphatic carbocycles. The molecule has 1 aromatic carbocycles. The summed E-state index contributed by atoms with van der Waals surface area (Å²) in [5, 5.41) is 25.8. The minimum absolute atomic E-state index is 0.0825. The molecule has 218 valence electrons. The van der Waals surface area contributed by atoms with Crippen molar-refractivity contribution < 1.29 is 29.4 Å². The highest BCUT2D eigenvalue weighted by Crippen LogP contribution is 2.21. The van der Waals surface area contributed by atoms with Gasteiger partial charge in [-0.3, -0.25) is 19.4 Å². The average Bonchev–Trinajstić information content (AvgIpc) is 3.56. The van der Waals surface area contributed by atoms with Crippen LogP contribution in [0.4, 0.5) is 0 Å². The number of carbonyl (C=O) groups excluding carboxylic acids is 3.